The Kier molecular flexibility index (Phi) is 2.88. The second kappa shape index (κ2) is 2.99. The molecule has 2 N–H and O–H groups in total. The van der Waals surface area contributed by atoms with Crippen molar-refractivity contribution in [2.24, 2.45) is 0 Å². The summed E-state index contributed by atoms with van der Waals surface area (Å²) >= 11 is 0. The predicted molar refractivity (Wildman–Crippen MR) is 37.1 cm³/mol. The molecular formula is C7H14O2. The van der Waals surface area contributed by atoms with Crippen molar-refractivity contribution in [3.05, 3.63) is 12.7 Å². The van der Waals surface area contributed by atoms with Gasteiger partial charge in [-0.25, -0.2) is 0 Å². The van der Waals surface area contributed by atoms with Gasteiger partial charge in [0, 0.05) is 0 Å². The number of hydrogen-bond acceptors (Lipinski definition) is 2. The minimum Gasteiger partial charge on any atom is -0.390 e. The van der Waals surface area contributed by atoms with Gasteiger partial charge < -0.3 is 10.2 Å². The summed E-state index contributed by atoms with van der Waals surface area (Å²) in [7, 11) is 0. The van der Waals surface area contributed by atoms with Crippen LogP contribution in [-0.2, 0) is 0 Å². The molecule has 0 heterocycles. The van der Waals surface area contributed by atoms with Crippen LogP contribution in [-0.4, -0.2) is 21.9 Å². The van der Waals surface area contributed by atoms with Crippen LogP contribution in [0.25, 0.3) is 0 Å². The van der Waals surface area contributed by atoms with E-state index in [0.717, 1.165) is 0 Å². The highest BCUT2D eigenvalue weighted by Gasteiger charge is 2.24. The van der Waals surface area contributed by atoms with E-state index in [0.29, 0.717) is 6.42 Å². The van der Waals surface area contributed by atoms with E-state index in [1.54, 1.807) is 19.9 Å². The first-order valence-corrected chi connectivity index (χ1v) is 3.02. The maximum atomic E-state index is 9.27. The fourth-order valence-electron chi connectivity index (χ4n) is 0.463. The lowest BCUT2D eigenvalue weighted by Gasteiger charge is -2.24. The van der Waals surface area contributed by atoms with E-state index in [9.17, 15) is 5.11 Å². The summed E-state index contributed by atoms with van der Waals surface area (Å²) in [6, 6.07) is 0. The van der Waals surface area contributed by atoms with Crippen LogP contribution in [0.2, 0.25) is 0 Å². The van der Waals surface area contributed by atoms with E-state index < -0.39 is 11.7 Å². The molecule has 9 heavy (non-hydrogen) atoms. The van der Waals surface area contributed by atoms with Crippen molar-refractivity contribution in [1.82, 2.24) is 0 Å². The first-order valence-electron chi connectivity index (χ1n) is 3.02. The van der Waals surface area contributed by atoms with Gasteiger partial charge in [0.05, 0.1) is 11.7 Å². The highest BCUT2D eigenvalue weighted by molar-refractivity contribution is 4.86. The molecule has 0 aromatic carbocycles. The van der Waals surface area contributed by atoms with Crippen molar-refractivity contribution in [1.29, 1.82) is 0 Å². The Hall–Kier alpha value is -0.340. The molecule has 0 bridgehead atoms. The molecule has 2 heteroatoms. The lowest BCUT2D eigenvalue weighted by molar-refractivity contribution is -0.0493. The average molecular weight is 130 g/mol. The second-order valence-corrected chi connectivity index (χ2v) is 2.53. The van der Waals surface area contributed by atoms with E-state index in [1.165, 1.54) is 0 Å². The van der Waals surface area contributed by atoms with Gasteiger partial charge in [-0.2, -0.15) is 0 Å². The standard InChI is InChI=1S/C7H14O2/c1-4-5-7(3,9)6(2)8/h4,6,8-9H,1,5H2,2-3H3/t6-,7-/m1/s1. The molecule has 0 aromatic heterocycles. The van der Waals surface area contributed by atoms with Crippen LogP contribution in [0.3, 0.4) is 0 Å². The zero-order valence-corrected chi connectivity index (χ0v) is 5.96. The van der Waals surface area contributed by atoms with Crippen molar-refractivity contribution in [3.8, 4) is 0 Å². The van der Waals surface area contributed by atoms with Gasteiger partial charge in [0.25, 0.3) is 0 Å². The highest BCUT2D eigenvalue weighted by atomic mass is 16.3. The number of aliphatic hydroxyl groups is 2. The van der Waals surface area contributed by atoms with Crippen LogP contribution < -0.4 is 0 Å². The molecule has 2 nitrogen and oxygen atoms in total. The third kappa shape index (κ3) is 2.63. The normalized spacial score (nSPS) is 20.4. The van der Waals surface area contributed by atoms with Gasteiger partial charge >= 0.3 is 0 Å². The Morgan fingerprint density at radius 3 is 2.33 bits per heavy atom. The molecular weight excluding hydrogens is 116 g/mol. The molecule has 0 unspecified atom stereocenters. The van der Waals surface area contributed by atoms with Crippen LogP contribution in [0, 0.1) is 0 Å². The lowest BCUT2D eigenvalue weighted by atomic mass is 9.97. The van der Waals surface area contributed by atoms with Crippen LogP contribution in [0.1, 0.15) is 20.3 Å². The molecule has 2 atom stereocenters. The maximum Gasteiger partial charge on any atom is 0.0908 e. The third-order valence-electron chi connectivity index (χ3n) is 1.46. The summed E-state index contributed by atoms with van der Waals surface area (Å²) in [5.41, 5.74) is -1.01. The molecule has 0 saturated heterocycles. The van der Waals surface area contributed by atoms with Crippen molar-refractivity contribution in [3.63, 3.8) is 0 Å². The summed E-state index contributed by atoms with van der Waals surface area (Å²) in [5.74, 6) is 0. The highest BCUT2D eigenvalue weighted by Crippen LogP contribution is 2.13. The SMILES string of the molecule is C=CC[C@@](C)(O)[C@@H](C)O. The Balaban J connectivity index is 3.84. The molecule has 0 amide bonds. The molecule has 0 rings (SSSR count). The quantitative estimate of drug-likeness (QED) is 0.552. The predicted octanol–water partition coefficient (Wildman–Crippen LogP) is 0.694. The van der Waals surface area contributed by atoms with Gasteiger partial charge in [0.1, 0.15) is 0 Å². The van der Waals surface area contributed by atoms with Gasteiger partial charge in [-0.3, -0.25) is 0 Å². The minimum absolute atomic E-state index is 0.421. The van der Waals surface area contributed by atoms with E-state index >= 15 is 0 Å². The summed E-state index contributed by atoms with van der Waals surface area (Å²) in [6.45, 7) is 6.60. The van der Waals surface area contributed by atoms with Gasteiger partial charge in [-0.05, 0) is 20.3 Å². The first-order chi connectivity index (χ1) is 4.00. The topological polar surface area (TPSA) is 40.5 Å². The maximum absolute atomic E-state index is 9.27. The monoisotopic (exact) mass is 130 g/mol. The molecule has 0 aliphatic heterocycles. The van der Waals surface area contributed by atoms with Crippen molar-refractivity contribution >= 4 is 0 Å². The van der Waals surface area contributed by atoms with Crippen LogP contribution in [0.15, 0.2) is 12.7 Å². The van der Waals surface area contributed by atoms with Crippen LogP contribution in [0.4, 0.5) is 0 Å². The second-order valence-electron chi connectivity index (χ2n) is 2.53. The minimum atomic E-state index is -1.01. The van der Waals surface area contributed by atoms with Crippen LogP contribution in [0.5, 0.6) is 0 Å². The van der Waals surface area contributed by atoms with Crippen molar-refractivity contribution in [2.75, 3.05) is 0 Å². The number of rotatable bonds is 3. The number of aliphatic hydroxyl groups excluding tert-OH is 1. The van der Waals surface area contributed by atoms with Crippen molar-refractivity contribution < 1.29 is 10.2 Å². The molecule has 0 aliphatic carbocycles. The van der Waals surface area contributed by atoms with Gasteiger partial charge in [0.15, 0.2) is 0 Å². The molecule has 0 radical (unpaired) electrons. The molecule has 0 saturated carbocycles. The van der Waals surface area contributed by atoms with E-state index in [-0.39, 0.29) is 0 Å². The smallest absolute Gasteiger partial charge is 0.0908 e. The van der Waals surface area contributed by atoms with Crippen molar-refractivity contribution in [2.45, 2.75) is 32.0 Å². The average Bonchev–Trinajstić information content (AvgIpc) is 1.65. The van der Waals surface area contributed by atoms with E-state index in [2.05, 4.69) is 6.58 Å². The fourth-order valence-corrected chi connectivity index (χ4v) is 0.463. The van der Waals surface area contributed by atoms with E-state index in [4.69, 9.17) is 5.11 Å². The van der Waals surface area contributed by atoms with Gasteiger partial charge in [0.2, 0.25) is 0 Å². The zero-order chi connectivity index (χ0) is 7.49. The molecule has 0 fully saturated rings. The fraction of sp³-hybridized carbons (Fsp3) is 0.714. The number of hydrogen-bond donors (Lipinski definition) is 2. The Morgan fingerprint density at radius 2 is 2.22 bits per heavy atom. The first kappa shape index (κ1) is 8.66. The largest absolute Gasteiger partial charge is 0.390 e. The Bertz CT molecular complexity index is 95.1. The summed E-state index contributed by atoms with van der Waals surface area (Å²) in [4.78, 5) is 0. The van der Waals surface area contributed by atoms with Gasteiger partial charge in [-0.15, -0.1) is 6.58 Å². The molecule has 54 valence electrons. The van der Waals surface area contributed by atoms with E-state index in [1.807, 2.05) is 0 Å². The zero-order valence-electron chi connectivity index (χ0n) is 5.96. The molecule has 0 spiro atoms. The molecule has 0 aliphatic rings. The summed E-state index contributed by atoms with van der Waals surface area (Å²) in [5, 5.41) is 18.2. The lowest BCUT2D eigenvalue weighted by Crippen LogP contribution is -2.36. The van der Waals surface area contributed by atoms with Crippen LogP contribution >= 0.6 is 0 Å². The Labute approximate surface area is 55.8 Å². The third-order valence-corrected chi connectivity index (χ3v) is 1.46. The summed E-state index contributed by atoms with van der Waals surface area (Å²) in [6.07, 6.45) is 1.31. The molecule has 0 aromatic rings. The summed E-state index contributed by atoms with van der Waals surface area (Å²) < 4.78 is 0. The van der Waals surface area contributed by atoms with Gasteiger partial charge in [-0.1, -0.05) is 6.08 Å². The Morgan fingerprint density at radius 1 is 1.78 bits per heavy atom.